The molecular formula is C12H15N3O5. The summed E-state index contributed by atoms with van der Waals surface area (Å²) in [6, 6.07) is 5.63. The molecule has 0 aromatic heterocycles. The van der Waals surface area contributed by atoms with Gasteiger partial charge in [0.05, 0.1) is 6.54 Å². The normalized spacial score (nSPS) is 9.45. The average Bonchev–Trinajstić information content (AvgIpc) is 2.44. The molecular weight excluding hydrogens is 266 g/mol. The maximum absolute atomic E-state index is 11.4. The van der Waals surface area contributed by atoms with E-state index in [1.54, 1.807) is 12.1 Å². The Labute approximate surface area is 115 Å². The Balaban J connectivity index is 2.42. The zero-order valence-corrected chi connectivity index (χ0v) is 10.8. The Kier molecular flexibility index (Phi) is 5.82. The largest absolute Gasteiger partial charge is 0.482 e. The average molecular weight is 281 g/mol. The maximum Gasteiger partial charge on any atom is 0.341 e. The molecule has 8 heteroatoms. The summed E-state index contributed by atoms with van der Waals surface area (Å²) in [5, 5.41) is 15.7. The Bertz CT molecular complexity index is 486. The molecule has 8 nitrogen and oxygen atoms in total. The van der Waals surface area contributed by atoms with Gasteiger partial charge in [0.15, 0.2) is 6.61 Å². The van der Waals surface area contributed by atoms with Gasteiger partial charge in [-0.2, -0.15) is 0 Å². The van der Waals surface area contributed by atoms with Gasteiger partial charge >= 0.3 is 12.0 Å². The lowest BCUT2D eigenvalue weighted by molar-refractivity contribution is -0.139. The van der Waals surface area contributed by atoms with Gasteiger partial charge in [-0.05, 0) is 24.3 Å². The van der Waals surface area contributed by atoms with Crippen LogP contribution >= 0.6 is 0 Å². The van der Waals surface area contributed by atoms with E-state index in [1.807, 2.05) is 0 Å². The molecule has 1 rings (SSSR count). The van der Waals surface area contributed by atoms with Crippen LogP contribution in [0.3, 0.4) is 0 Å². The number of aliphatic carboxylic acids is 1. The summed E-state index contributed by atoms with van der Waals surface area (Å²) in [4.78, 5) is 32.7. The summed E-state index contributed by atoms with van der Waals surface area (Å²) < 4.78 is 4.94. The van der Waals surface area contributed by atoms with Gasteiger partial charge < -0.3 is 25.8 Å². The predicted octanol–water partition coefficient (Wildman–Crippen LogP) is 0.0175. The number of amides is 3. The van der Waals surface area contributed by atoms with E-state index in [0.29, 0.717) is 11.4 Å². The highest BCUT2D eigenvalue weighted by atomic mass is 16.5. The molecule has 0 saturated heterocycles. The lowest BCUT2D eigenvalue weighted by atomic mass is 10.3. The lowest BCUT2D eigenvalue weighted by Crippen LogP contribution is -2.37. The molecule has 0 radical (unpaired) electrons. The highest BCUT2D eigenvalue weighted by Crippen LogP contribution is 2.15. The molecule has 0 spiro atoms. The van der Waals surface area contributed by atoms with Crippen molar-refractivity contribution in [3.05, 3.63) is 24.3 Å². The van der Waals surface area contributed by atoms with Crippen molar-refractivity contribution in [3.63, 3.8) is 0 Å². The number of carbonyl (C=O) groups excluding carboxylic acids is 2. The highest BCUT2D eigenvalue weighted by molar-refractivity contribution is 5.92. The molecule has 1 aromatic rings. The van der Waals surface area contributed by atoms with Crippen molar-refractivity contribution in [3.8, 4) is 5.75 Å². The van der Waals surface area contributed by atoms with Crippen molar-refractivity contribution in [2.75, 3.05) is 25.5 Å². The molecule has 0 aliphatic heterocycles. The molecule has 3 amide bonds. The minimum absolute atomic E-state index is 0.123. The number of likely N-dealkylation sites (N-methyl/N-ethyl adjacent to an activating group) is 1. The fourth-order valence-electron chi connectivity index (χ4n) is 1.20. The van der Waals surface area contributed by atoms with Crippen molar-refractivity contribution in [2.45, 2.75) is 0 Å². The first-order valence-electron chi connectivity index (χ1n) is 5.71. The molecule has 1 aromatic carbocycles. The van der Waals surface area contributed by atoms with Crippen molar-refractivity contribution < 1.29 is 24.2 Å². The van der Waals surface area contributed by atoms with Crippen LogP contribution < -0.4 is 20.7 Å². The van der Waals surface area contributed by atoms with Crippen LogP contribution in [0.4, 0.5) is 10.5 Å². The zero-order chi connectivity index (χ0) is 15.0. The summed E-state index contributed by atoms with van der Waals surface area (Å²) in [7, 11) is 1.47. The minimum Gasteiger partial charge on any atom is -0.482 e. The second-order valence-corrected chi connectivity index (χ2v) is 3.69. The predicted molar refractivity (Wildman–Crippen MR) is 70.7 cm³/mol. The lowest BCUT2D eigenvalue weighted by Gasteiger charge is -2.08. The van der Waals surface area contributed by atoms with Crippen LogP contribution in [0.2, 0.25) is 0 Å². The smallest absolute Gasteiger partial charge is 0.341 e. The molecule has 0 heterocycles. The van der Waals surface area contributed by atoms with Crippen LogP contribution in [0.1, 0.15) is 0 Å². The van der Waals surface area contributed by atoms with Gasteiger partial charge in [0, 0.05) is 12.7 Å². The van der Waals surface area contributed by atoms with Gasteiger partial charge in [-0.3, -0.25) is 4.79 Å². The monoisotopic (exact) mass is 281 g/mol. The number of urea groups is 1. The summed E-state index contributed by atoms with van der Waals surface area (Å²) in [5.41, 5.74) is 0.488. The molecule has 4 N–H and O–H groups in total. The van der Waals surface area contributed by atoms with Crippen molar-refractivity contribution in [1.29, 1.82) is 0 Å². The molecule has 0 aliphatic carbocycles. The highest BCUT2D eigenvalue weighted by Gasteiger charge is 2.04. The zero-order valence-electron chi connectivity index (χ0n) is 10.8. The number of hydrogen-bond donors (Lipinski definition) is 4. The number of carbonyl (C=O) groups is 3. The van der Waals surface area contributed by atoms with Gasteiger partial charge in [-0.25, -0.2) is 9.59 Å². The van der Waals surface area contributed by atoms with Crippen LogP contribution in [-0.4, -0.2) is 43.2 Å². The second kappa shape index (κ2) is 7.62. The molecule has 0 atom stereocenters. The summed E-state index contributed by atoms with van der Waals surface area (Å²) in [6.07, 6.45) is 0. The number of benzene rings is 1. The van der Waals surface area contributed by atoms with E-state index in [9.17, 15) is 14.4 Å². The van der Waals surface area contributed by atoms with E-state index in [0.717, 1.165) is 0 Å². The summed E-state index contributed by atoms with van der Waals surface area (Å²) in [5.74, 6) is -0.998. The van der Waals surface area contributed by atoms with Crippen LogP contribution in [0, 0.1) is 0 Å². The Hall–Kier alpha value is -2.77. The Morgan fingerprint density at radius 3 is 2.40 bits per heavy atom. The molecule has 0 unspecified atom stereocenters. The topological polar surface area (TPSA) is 117 Å². The Morgan fingerprint density at radius 2 is 1.85 bits per heavy atom. The van der Waals surface area contributed by atoms with Crippen molar-refractivity contribution in [2.24, 2.45) is 0 Å². The van der Waals surface area contributed by atoms with Gasteiger partial charge in [-0.15, -0.1) is 0 Å². The number of rotatable bonds is 6. The van der Waals surface area contributed by atoms with Gasteiger partial charge in [0.2, 0.25) is 5.91 Å². The minimum atomic E-state index is -1.07. The number of nitrogens with one attached hydrogen (secondary N) is 3. The fourth-order valence-corrected chi connectivity index (χ4v) is 1.20. The van der Waals surface area contributed by atoms with Crippen LogP contribution in [0.15, 0.2) is 24.3 Å². The van der Waals surface area contributed by atoms with E-state index < -0.39 is 18.6 Å². The molecule has 0 bridgehead atoms. The van der Waals surface area contributed by atoms with E-state index in [1.165, 1.54) is 19.2 Å². The standard InChI is InChI=1S/C12H15N3O5/c1-13-10(16)6-14-12(19)15-8-2-4-9(5-3-8)20-7-11(17)18/h2-5H,6-7H2,1H3,(H,13,16)(H,17,18)(H2,14,15,19). The first-order chi connectivity index (χ1) is 9.51. The number of carboxylic acids is 1. The van der Waals surface area contributed by atoms with Crippen LogP contribution in [0.25, 0.3) is 0 Å². The van der Waals surface area contributed by atoms with Gasteiger partial charge in [0.1, 0.15) is 5.75 Å². The van der Waals surface area contributed by atoms with Crippen molar-refractivity contribution in [1.82, 2.24) is 10.6 Å². The Morgan fingerprint density at radius 1 is 1.20 bits per heavy atom. The van der Waals surface area contributed by atoms with Gasteiger partial charge in [-0.1, -0.05) is 0 Å². The van der Waals surface area contributed by atoms with E-state index >= 15 is 0 Å². The maximum atomic E-state index is 11.4. The number of anilines is 1. The van der Waals surface area contributed by atoms with Crippen LogP contribution in [0.5, 0.6) is 5.75 Å². The quantitative estimate of drug-likeness (QED) is 0.586. The van der Waals surface area contributed by atoms with E-state index in [-0.39, 0.29) is 12.5 Å². The third kappa shape index (κ3) is 5.71. The van der Waals surface area contributed by atoms with Crippen LogP contribution in [-0.2, 0) is 9.59 Å². The number of carboxylic acid groups (broad SMARTS) is 1. The first-order valence-corrected chi connectivity index (χ1v) is 5.71. The van der Waals surface area contributed by atoms with E-state index in [2.05, 4.69) is 16.0 Å². The number of hydrogen-bond acceptors (Lipinski definition) is 4. The third-order valence-electron chi connectivity index (χ3n) is 2.16. The number of ether oxygens (including phenoxy) is 1. The third-order valence-corrected chi connectivity index (χ3v) is 2.16. The van der Waals surface area contributed by atoms with E-state index in [4.69, 9.17) is 9.84 Å². The molecule has 0 aliphatic rings. The first kappa shape index (κ1) is 15.3. The molecule has 108 valence electrons. The SMILES string of the molecule is CNC(=O)CNC(=O)Nc1ccc(OCC(=O)O)cc1. The van der Waals surface area contributed by atoms with Crippen molar-refractivity contribution >= 4 is 23.6 Å². The fraction of sp³-hybridized carbons (Fsp3) is 0.250. The molecule has 20 heavy (non-hydrogen) atoms. The summed E-state index contributed by atoms with van der Waals surface area (Å²) in [6.45, 7) is -0.554. The molecule has 0 saturated carbocycles. The summed E-state index contributed by atoms with van der Waals surface area (Å²) >= 11 is 0. The molecule has 0 fully saturated rings. The second-order valence-electron chi connectivity index (χ2n) is 3.69. The van der Waals surface area contributed by atoms with Gasteiger partial charge in [0.25, 0.3) is 0 Å².